The van der Waals surface area contributed by atoms with Gasteiger partial charge in [-0.15, -0.1) is 0 Å². The molecule has 7 heteroatoms. The third-order valence-corrected chi connectivity index (χ3v) is 4.13. The number of aromatic nitrogens is 2. The zero-order valence-electron chi connectivity index (χ0n) is 14.3. The van der Waals surface area contributed by atoms with E-state index in [1.54, 1.807) is 7.11 Å². The monoisotopic (exact) mass is 405 g/mol. The van der Waals surface area contributed by atoms with Gasteiger partial charge in [-0.3, -0.25) is 0 Å². The van der Waals surface area contributed by atoms with Gasteiger partial charge in [0.15, 0.2) is 11.5 Å². The van der Waals surface area contributed by atoms with Crippen LogP contribution in [0.1, 0.15) is 19.4 Å². The quantitative estimate of drug-likeness (QED) is 0.578. The SMILES string of the molecule is COc1cc(Br)cc(CNc2ccc3[nH]c(=O)[nH]c3c2)c1OC(C)C. The zero-order valence-corrected chi connectivity index (χ0v) is 15.9. The van der Waals surface area contributed by atoms with E-state index in [9.17, 15) is 4.79 Å². The van der Waals surface area contributed by atoms with Crippen molar-refractivity contribution in [2.24, 2.45) is 0 Å². The topological polar surface area (TPSA) is 79.1 Å². The fourth-order valence-corrected chi connectivity index (χ4v) is 3.10. The Morgan fingerprint density at radius 2 is 1.92 bits per heavy atom. The largest absolute Gasteiger partial charge is 0.493 e. The minimum absolute atomic E-state index is 0.0371. The summed E-state index contributed by atoms with van der Waals surface area (Å²) in [5.41, 5.74) is 3.21. The maximum atomic E-state index is 11.4. The third kappa shape index (κ3) is 3.99. The molecular weight excluding hydrogens is 386 g/mol. The minimum Gasteiger partial charge on any atom is -0.493 e. The predicted octanol–water partition coefficient (Wildman–Crippen LogP) is 4.03. The number of imidazole rings is 1. The van der Waals surface area contributed by atoms with Gasteiger partial charge in [0.05, 0.1) is 24.2 Å². The first-order valence-electron chi connectivity index (χ1n) is 7.95. The van der Waals surface area contributed by atoms with E-state index in [1.807, 2.05) is 44.2 Å². The summed E-state index contributed by atoms with van der Waals surface area (Å²) in [5, 5.41) is 3.36. The van der Waals surface area contributed by atoms with Gasteiger partial charge in [-0.25, -0.2) is 4.79 Å². The molecule has 0 saturated carbocycles. The number of hydrogen-bond donors (Lipinski definition) is 3. The van der Waals surface area contributed by atoms with Crippen molar-refractivity contribution < 1.29 is 9.47 Å². The maximum absolute atomic E-state index is 11.4. The molecule has 6 nitrogen and oxygen atoms in total. The van der Waals surface area contributed by atoms with E-state index in [4.69, 9.17) is 9.47 Å². The van der Waals surface area contributed by atoms with Crippen LogP contribution in [0, 0.1) is 0 Å². The van der Waals surface area contributed by atoms with Crippen molar-refractivity contribution in [1.29, 1.82) is 0 Å². The summed E-state index contributed by atoms with van der Waals surface area (Å²) in [7, 11) is 1.63. The molecule has 25 heavy (non-hydrogen) atoms. The fourth-order valence-electron chi connectivity index (χ4n) is 2.61. The van der Waals surface area contributed by atoms with E-state index in [2.05, 4.69) is 31.2 Å². The molecule has 0 radical (unpaired) electrons. The van der Waals surface area contributed by atoms with Crippen molar-refractivity contribution in [1.82, 2.24) is 9.97 Å². The van der Waals surface area contributed by atoms with Crippen LogP contribution in [0.5, 0.6) is 11.5 Å². The average molecular weight is 406 g/mol. The van der Waals surface area contributed by atoms with Crippen LogP contribution in [0.2, 0.25) is 0 Å². The van der Waals surface area contributed by atoms with Crippen molar-refractivity contribution in [3.05, 3.63) is 50.9 Å². The van der Waals surface area contributed by atoms with Crippen LogP contribution in [0.15, 0.2) is 39.6 Å². The number of methoxy groups -OCH3 is 1. The van der Waals surface area contributed by atoms with Gasteiger partial charge in [-0.2, -0.15) is 0 Å². The minimum atomic E-state index is -0.212. The highest BCUT2D eigenvalue weighted by atomic mass is 79.9. The second-order valence-corrected chi connectivity index (χ2v) is 6.87. The molecule has 0 aliphatic rings. The van der Waals surface area contributed by atoms with Gasteiger partial charge >= 0.3 is 5.69 Å². The summed E-state index contributed by atoms with van der Waals surface area (Å²) in [6.45, 7) is 4.52. The molecule has 0 fully saturated rings. The summed E-state index contributed by atoms with van der Waals surface area (Å²) < 4.78 is 12.3. The summed E-state index contributed by atoms with van der Waals surface area (Å²) >= 11 is 3.51. The molecule has 3 aromatic rings. The number of hydrogen-bond acceptors (Lipinski definition) is 4. The van der Waals surface area contributed by atoms with Crippen molar-refractivity contribution in [3.63, 3.8) is 0 Å². The molecule has 0 atom stereocenters. The van der Waals surface area contributed by atoms with E-state index in [0.717, 1.165) is 32.5 Å². The Bertz CT molecular complexity index is 946. The number of H-pyrrole nitrogens is 2. The molecule has 1 aromatic heterocycles. The molecule has 0 saturated heterocycles. The van der Waals surface area contributed by atoms with E-state index in [0.29, 0.717) is 12.3 Å². The van der Waals surface area contributed by atoms with Gasteiger partial charge in [-0.05, 0) is 44.2 Å². The molecule has 3 rings (SSSR count). The van der Waals surface area contributed by atoms with Crippen molar-refractivity contribution in [2.75, 3.05) is 12.4 Å². The summed E-state index contributed by atoms with van der Waals surface area (Å²) in [6.07, 6.45) is 0.0371. The van der Waals surface area contributed by atoms with Crippen molar-refractivity contribution >= 4 is 32.7 Å². The molecular formula is C18H20BrN3O3. The Kier molecular flexibility index (Phi) is 5.03. The van der Waals surface area contributed by atoms with Crippen LogP contribution in [0.4, 0.5) is 5.69 Å². The van der Waals surface area contributed by atoms with Gasteiger partial charge in [-0.1, -0.05) is 15.9 Å². The molecule has 0 unspecified atom stereocenters. The lowest BCUT2D eigenvalue weighted by Gasteiger charge is -2.18. The molecule has 0 amide bonds. The van der Waals surface area contributed by atoms with Gasteiger partial charge in [0.25, 0.3) is 0 Å². The van der Waals surface area contributed by atoms with Crippen LogP contribution >= 0.6 is 15.9 Å². The van der Waals surface area contributed by atoms with Crippen LogP contribution in [-0.2, 0) is 6.54 Å². The lowest BCUT2D eigenvalue weighted by molar-refractivity contribution is 0.228. The Labute approximate surface area is 153 Å². The molecule has 1 heterocycles. The first-order chi connectivity index (χ1) is 12.0. The third-order valence-electron chi connectivity index (χ3n) is 3.67. The van der Waals surface area contributed by atoms with Gasteiger partial charge in [0.1, 0.15) is 0 Å². The molecule has 0 bridgehead atoms. The number of benzene rings is 2. The number of fused-ring (bicyclic) bond motifs is 1. The lowest BCUT2D eigenvalue weighted by atomic mass is 10.1. The van der Waals surface area contributed by atoms with Crippen LogP contribution in [-0.4, -0.2) is 23.2 Å². The number of anilines is 1. The highest BCUT2D eigenvalue weighted by Gasteiger charge is 2.14. The molecule has 0 aliphatic heterocycles. The van der Waals surface area contributed by atoms with E-state index >= 15 is 0 Å². The number of aromatic amines is 2. The number of ether oxygens (including phenoxy) is 2. The lowest BCUT2D eigenvalue weighted by Crippen LogP contribution is -2.10. The van der Waals surface area contributed by atoms with Gasteiger partial charge in [0.2, 0.25) is 0 Å². The zero-order chi connectivity index (χ0) is 18.0. The number of halogens is 1. The molecule has 132 valence electrons. The Morgan fingerprint density at radius 1 is 1.16 bits per heavy atom. The van der Waals surface area contributed by atoms with Crippen LogP contribution in [0.3, 0.4) is 0 Å². The second kappa shape index (κ2) is 7.23. The Hall–Kier alpha value is -2.41. The van der Waals surface area contributed by atoms with E-state index in [1.165, 1.54) is 0 Å². The van der Waals surface area contributed by atoms with E-state index in [-0.39, 0.29) is 11.8 Å². The highest BCUT2D eigenvalue weighted by Crippen LogP contribution is 2.36. The van der Waals surface area contributed by atoms with Gasteiger partial charge < -0.3 is 24.8 Å². The van der Waals surface area contributed by atoms with Crippen molar-refractivity contribution in [2.45, 2.75) is 26.5 Å². The molecule has 2 aromatic carbocycles. The Morgan fingerprint density at radius 3 is 2.64 bits per heavy atom. The highest BCUT2D eigenvalue weighted by molar-refractivity contribution is 9.10. The van der Waals surface area contributed by atoms with Crippen LogP contribution < -0.4 is 20.5 Å². The van der Waals surface area contributed by atoms with Gasteiger partial charge in [0, 0.05) is 22.3 Å². The standard InChI is InChI=1S/C18H20BrN3O3/c1-10(2)25-17-11(6-12(19)7-16(17)24-3)9-20-13-4-5-14-15(8-13)22-18(23)21-14/h4-8,10,20H,9H2,1-3H3,(H2,21,22,23). The summed E-state index contributed by atoms with van der Waals surface area (Å²) in [6, 6.07) is 9.57. The maximum Gasteiger partial charge on any atom is 0.323 e. The number of rotatable bonds is 6. The molecule has 3 N–H and O–H groups in total. The molecule has 0 spiro atoms. The normalized spacial score (nSPS) is 11.1. The van der Waals surface area contributed by atoms with Crippen LogP contribution in [0.25, 0.3) is 11.0 Å². The molecule has 0 aliphatic carbocycles. The number of nitrogens with one attached hydrogen (secondary N) is 3. The fraction of sp³-hybridized carbons (Fsp3) is 0.278. The van der Waals surface area contributed by atoms with E-state index < -0.39 is 0 Å². The summed E-state index contributed by atoms with van der Waals surface area (Å²) in [5.74, 6) is 1.41. The first kappa shape index (κ1) is 17.4. The summed E-state index contributed by atoms with van der Waals surface area (Å²) in [4.78, 5) is 16.9. The second-order valence-electron chi connectivity index (χ2n) is 5.96. The Balaban J connectivity index is 1.87. The van der Waals surface area contributed by atoms with Crippen molar-refractivity contribution in [3.8, 4) is 11.5 Å². The smallest absolute Gasteiger partial charge is 0.323 e. The average Bonchev–Trinajstić information content (AvgIpc) is 2.93. The predicted molar refractivity (Wildman–Crippen MR) is 103 cm³/mol. The first-order valence-corrected chi connectivity index (χ1v) is 8.74.